The van der Waals surface area contributed by atoms with Gasteiger partial charge in [-0.15, -0.1) is 0 Å². The minimum absolute atomic E-state index is 0.0915. The van der Waals surface area contributed by atoms with Gasteiger partial charge in [0.2, 0.25) is 5.91 Å². The second-order valence-electron chi connectivity index (χ2n) is 3.16. The molecule has 1 aliphatic rings. The van der Waals surface area contributed by atoms with Gasteiger partial charge in [-0.05, 0) is 12.0 Å². The molecule has 62 valence electrons. The molecule has 0 radical (unpaired) electrons. The number of hydrogen-bond donors (Lipinski definition) is 1. The van der Waals surface area contributed by atoms with E-state index in [9.17, 15) is 9.90 Å². The molecule has 0 saturated heterocycles. The quantitative estimate of drug-likeness (QED) is 0.625. The van der Waals surface area contributed by atoms with E-state index in [0.717, 1.165) is 0 Å². The van der Waals surface area contributed by atoms with Gasteiger partial charge in [0.1, 0.15) is 6.23 Å². The average Bonchev–Trinajstić information content (AvgIpc) is 2.18. The fraction of sp³-hybridized carbons (Fsp3) is 0.625. The van der Waals surface area contributed by atoms with Gasteiger partial charge in [0.15, 0.2) is 0 Å². The van der Waals surface area contributed by atoms with Crippen LogP contribution in [0, 0.1) is 5.92 Å². The van der Waals surface area contributed by atoms with Crippen LogP contribution in [0.5, 0.6) is 0 Å². The first-order chi connectivity index (χ1) is 5.11. The SMILES string of the molecule is CC(C)CN1C(=O)C=CC1O. The lowest BCUT2D eigenvalue weighted by atomic mass is 10.2. The first-order valence-corrected chi connectivity index (χ1v) is 3.78. The fourth-order valence-corrected chi connectivity index (χ4v) is 1.09. The molecule has 3 heteroatoms. The molecule has 1 N–H and O–H groups in total. The Labute approximate surface area is 66.3 Å². The molecule has 1 amide bonds. The zero-order valence-electron chi connectivity index (χ0n) is 6.82. The van der Waals surface area contributed by atoms with Gasteiger partial charge in [0.05, 0.1) is 0 Å². The van der Waals surface area contributed by atoms with Crippen LogP contribution in [0.15, 0.2) is 12.2 Å². The summed E-state index contributed by atoms with van der Waals surface area (Å²) in [6, 6.07) is 0. The molecule has 1 aliphatic heterocycles. The van der Waals surface area contributed by atoms with Crippen molar-refractivity contribution < 1.29 is 9.90 Å². The summed E-state index contributed by atoms with van der Waals surface area (Å²) in [5.41, 5.74) is 0. The molecule has 0 aromatic carbocycles. The van der Waals surface area contributed by atoms with Crippen molar-refractivity contribution in [2.75, 3.05) is 6.54 Å². The Bertz CT molecular complexity index is 187. The van der Waals surface area contributed by atoms with Crippen LogP contribution < -0.4 is 0 Å². The third-order valence-corrected chi connectivity index (χ3v) is 1.58. The van der Waals surface area contributed by atoms with E-state index >= 15 is 0 Å². The largest absolute Gasteiger partial charge is 0.370 e. The van der Waals surface area contributed by atoms with Gasteiger partial charge in [-0.2, -0.15) is 0 Å². The highest BCUT2D eigenvalue weighted by Gasteiger charge is 2.23. The summed E-state index contributed by atoms with van der Waals surface area (Å²) in [5.74, 6) is 0.305. The number of rotatable bonds is 2. The Kier molecular flexibility index (Phi) is 2.29. The van der Waals surface area contributed by atoms with Crippen molar-refractivity contribution in [2.24, 2.45) is 5.92 Å². The Morgan fingerprint density at radius 3 is 2.73 bits per heavy atom. The Morgan fingerprint density at radius 2 is 2.36 bits per heavy atom. The van der Waals surface area contributed by atoms with Gasteiger partial charge >= 0.3 is 0 Å². The molecule has 0 bridgehead atoms. The van der Waals surface area contributed by atoms with Crippen LogP contribution in [0.2, 0.25) is 0 Å². The van der Waals surface area contributed by atoms with Crippen LogP contribution in [-0.4, -0.2) is 28.7 Å². The van der Waals surface area contributed by atoms with Crippen LogP contribution in [-0.2, 0) is 4.79 Å². The molecule has 1 heterocycles. The molecule has 1 unspecified atom stereocenters. The van der Waals surface area contributed by atoms with Gasteiger partial charge in [-0.3, -0.25) is 4.79 Å². The molecule has 0 aromatic heterocycles. The molecular formula is C8H13NO2. The fourth-order valence-electron chi connectivity index (χ4n) is 1.09. The molecule has 11 heavy (non-hydrogen) atoms. The van der Waals surface area contributed by atoms with Gasteiger partial charge in [-0.25, -0.2) is 0 Å². The van der Waals surface area contributed by atoms with Crippen LogP contribution in [0.4, 0.5) is 0 Å². The van der Waals surface area contributed by atoms with E-state index in [0.29, 0.717) is 12.5 Å². The van der Waals surface area contributed by atoms with E-state index in [4.69, 9.17) is 0 Å². The average molecular weight is 155 g/mol. The van der Waals surface area contributed by atoms with Gasteiger partial charge < -0.3 is 10.0 Å². The van der Waals surface area contributed by atoms with E-state index in [1.165, 1.54) is 17.1 Å². The van der Waals surface area contributed by atoms with E-state index in [1.807, 2.05) is 13.8 Å². The van der Waals surface area contributed by atoms with Gasteiger partial charge in [-0.1, -0.05) is 13.8 Å². The van der Waals surface area contributed by atoms with E-state index in [-0.39, 0.29) is 5.91 Å². The van der Waals surface area contributed by atoms with E-state index in [2.05, 4.69) is 0 Å². The van der Waals surface area contributed by atoms with Crippen LogP contribution in [0.1, 0.15) is 13.8 Å². The monoisotopic (exact) mass is 155 g/mol. The van der Waals surface area contributed by atoms with Crippen molar-refractivity contribution in [2.45, 2.75) is 20.1 Å². The number of carbonyl (C=O) groups is 1. The molecule has 0 saturated carbocycles. The highest BCUT2D eigenvalue weighted by molar-refractivity contribution is 5.90. The van der Waals surface area contributed by atoms with Crippen molar-refractivity contribution in [3.8, 4) is 0 Å². The van der Waals surface area contributed by atoms with Crippen molar-refractivity contribution in [3.05, 3.63) is 12.2 Å². The van der Waals surface area contributed by atoms with Crippen LogP contribution in [0.25, 0.3) is 0 Å². The second kappa shape index (κ2) is 3.05. The minimum atomic E-state index is -0.704. The summed E-state index contributed by atoms with van der Waals surface area (Å²) >= 11 is 0. The first kappa shape index (κ1) is 8.27. The summed E-state index contributed by atoms with van der Waals surface area (Å²) in [6.07, 6.45) is 2.21. The molecule has 0 spiro atoms. The molecule has 0 aromatic rings. The molecule has 3 nitrogen and oxygen atoms in total. The van der Waals surface area contributed by atoms with Gasteiger partial charge in [0, 0.05) is 12.6 Å². The Morgan fingerprint density at radius 1 is 1.73 bits per heavy atom. The zero-order chi connectivity index (χ0) is 8.43. The number of aliphatic hydroxyl groups excluding tert-OH is 1. The minimum Gasteiger partial charge on any atom is -0.370 e. The van der Waals surface area contributed by atoms with E-state index in [1.54, 1.807) is 0 Å². The maximum atomic E-state index is 11.0. The third kappa shape index (κ3) is 1.80. The smallest absolute Gasteiger partial charge is 0.248 e. The molecular weight excluding hydrogens is 142 g/mol. The van der Waals surface area contributed by atoms with Crippen molar-refractivity contribution >= 4 is 5.91 Å². The number of hydrogen-bond acceptors (Lipinski definition) is 2. The standard InChI is InChI=1S/C8H13NO2/c1-6(2)5-9-7(10)3-4-8(9)11/h3-4,6-7,10H,5H2,1-2H3. The predicted molar refractivity (Wildman–Crippen MR) is 41.7 cm³/mol. The molecule has 1 rings (SSSR count). The van der Waals surface area contributed by atoms with E-state index < -0.39 is 6.23 Å². The lowest BCUT2D eigenvalue weighted by Crippen LogP contribution is -2.36. The van der Waals surface area contributed by atoms with Crippen molar-refractivity contribution in [1.82, 2.24) is 4.90 Å². The Balaban J connectivity index is 2.52. The second-order valence-corrected chi connectivity index (χ2v) is 3.16. The van der Waals surface area contributed by atoms with Crippen molar-refractivity contribution in [1.29, 1.82) is 0 Å². The predicted octanol–water partition coefficient (Wildman–Crippen LogP) is 0.359. The summed E-state index contributed by atoms with van der Waals surface area (Å²) < 4.78 is 0. The normalized spacial score (nSPS) is 23.8. The highest BCUT2D eigenvalue weighted by atomic mass is 16.3. The molecule has 0 fully saturated rings. The number of carbonyl (C=O) groups excluding carboxylic acids is 1. The summed E-state index contributed by atoms with van der Waals surface area (Å²) in [5, 5.41) is 9.23. The summed E-state index contributed by atoms with van der Waals surface area (Å²) in [6.45, 7) is 4.64. The number of aliphatic hydroxyl groups is 1. The molecule has 1 atom stereocenters. The topological polar surface area (TPSA) is 40.5 Å². The maximum absolute atomic E-state index is 11.0. The summed E-state index contributed by atoms with van der Waals surface area (Å²) in [7, 11) is 0. The number of nitrogens with zero attached hydrogens (tertiary/aromatic N) is 1. The first-order valence-electron chi connectivity index (χ1n) is 3.78. The highest BCUT2D eigenvalue weighted by Crippen LogP contribution is 2.10. The zero-order valence-corrected chi connectivity index (χ0v) is 6.82. The lowest BCUT2D eigenvalue weighted by Gasteiger charge is -2.22. The lowest BCUT2D eigenvalue weighted by molar-refractivity contribution is -0.131. The Hall–Kier alpha value is -0.830. The van der Waals surface area contributed by atoms with Crippen LogP contribution in [0.3, 0.4) is 0 Å². The number of amides is 1. The third-order valence-electron chi connectivity index (χ3n) is 1.58. The summed E-state index contributed by atoms with van der Waals surface area (Å²) in [4.78, 5) is 12.4. The molecule has 0 aliphatic carbocycles. The maximum Gasteiger partial charge on any atom is 0.248 e. The van der Waals surface area contributed by atoms with Crippen LogP contribution >= 0.6 is 0 Å². The van der Waals surface area contributed by atoms with Gasteiger partial charge in [0.25, 0.3) is 0 Å². The van der Waals surface area contributed by atoms with Crippen molar-refractivity contribution in [3.63, 3.8) is 0 Å².